The first kappa shape index (κ1) is 18.2. The zero-order valence-electron chi connectivity index (χ0n) is 9.44. The maximum absolute atomic E-state index is 13.5. The van der Waals surface area contributed by atoms with E-state index < -0.39 is 52.6 Å². The first-order valence-corrected chi connectivity index (χ1v) is 4.69. The van der Waals surface area contributed by atoms with Crippen molar-refractivity contribution >= 4 is 0 Å². The highest BCUT2D eigenvalue weighted by molar-refractivity contribution is 5.44. The third kappa shape index (κ3) is 2.31. The van der Waals surface area contributed by atoms with E-state index in [-0.39, 0.29) is 0 Å². The molecule has 1 rings (SSSR count). The Balaban J connectivity index is 4.03. The second-order valence-corrected chi connectivity index (χ2v) is 3.69. The van der Waals surface area contributed by atoms with Crippen molar-refractivity contribution in [3.8, 4) is 5.75 Å². The lowest BCUT2D eigenvalue weighted by Gasteiger charge is -2.31. The number of alkyl halides is 7. The molecule has 126 valence electrons. The van der Waals surface area contributed by atoms with Gasteiger partial charge in [-0.2, -0.15) is 30.7 Å². The van der Waals surface area contributed by atoms with E-state index in [4.69, 9.17) is 0 Å². The Kier molecular flexibility index (Phi) is 4.24. The molecule has 1 aromatic carbocycles. The third-order valence-corrected chi connectivity index (χ3v) is 2.43. The zero-order chi connectivity index (χ0) is 17.7. The van der Waals surface area contributed by atoms with Crippen molar-refractivity contribution in [3.63, 3.8) is 0 Å². The summed E-state index contributed by atoms with van der Waals surface area (Å²) >= 11 is 0. The van der Waals surface area contributed by atoms with Crippen LogP contribution in [0, 0.1) is 23.3 Å². The van der Waals surface area contributed by atoms with Gasteiger partial charge < -0.3 is 0 Å². The normalized spacial score (nSPS) is 13.5. The molecule has 0 spiro atoms. The Morgan fingerprint density at radius 2 is 0.955 bits per heavy atom. The molecule has 0 atom stereocenters. The summed E-state index contributed by atoms with van der Waals surface area (Å²) in [5, 5.41) is 0. The molecule has 0 heterocycles. The molecule has 0 aromatic heterocycles. The SMILES string of the molecule is FOc1c(F)c(F)c(F)c(F)c1C(F)(C(F)(F)F)C(F)(F)F. The molecule has 0 saturated heterocycles. The molecule has 1 aromatic rings. The van der Waals surface area contributed by atoms with Gasteiger partial charge in [0.15, 0.2) is 11.6 Å². The fraction of sp³-hybridized carbons (Fsp3) is 0.333. The highest BCUT2D eigenvalue weighted by atomic mass is 19.4. The summed E-state index contributed by atoms with van der Waals surface area (Å²) in [6.45, 7) is 0. The molecular formula is C9F12O. The number of hydrogen-bond donors (Lipinski definition) is 0. The Bertz CT molecular complexity index is 572. The second-order valence-electron chi connectivity index (χ2n) is 3.69. The molecule has 0 aliphatic heterocycles. The monoisotopic (exact) mass is 352 g/mol. The van der Waals surface area contributed by atoms with Crippen molar-refractivity contribution in [2.45, 2.75) is 18.0 Å². The van der Waals surface area contributed by atoms with Gasteiger partial charge >= 0.3 is 18.0 Å². The molecule has 0 aliphatic rings. The smallest absolute Gasteiger partial charge is 0.291 e. The number of rotatable bonds is 2. The number of hydrogen-bond acceptors (Lipinski definition) is 1. The lowest BCUT2D eigenvalue weighted by Crippen LogP contribution is -2.51. The highest BCUT2D eigenvalue weighted by Gasteiger charge is 2.76. The molecule has 0 radical (unpaired) electrons. The minimum Gasteiger partial charge on any atom is -0.291 e. The van der Waals surface area contributed by atoms with E-state index in [1.54, 1.807) is 0 Å². The van der Waals surface area contributed by atoms with Crippen LogP contribution in [0.15, 0.2) is 0 Å². The van der Waals surface area contributed by atoms with Gasteiger partial charge in [0.05, 0.1) is 5.56 Å². The molecule has 0 aliphatic carbocycles. The molecule has 0 unspecified atom stereocenters. The maximum Gasteiger partial charge on any atom is 0.436 e. The molecule has 13 heteroatoms. The fourth-order valence-electron chi connectivity index (χ4n) is 1.44. The van der Waals surface area contributed by atoms with Crippen LogP contribution in [-0.2, 0) is 5.67 Å². The Morgan fingerprint density at radius 3 is 1.27 bits per heavy atom. The van der Waals surface area contributed by atoms with Gasteiger partial charge in [0.25, 0.3) is 0 Å². The molecule has 0 N–H and O–H groups in total. The lowest BCUT2D eigenvalue weighted by atomic mass is 9.92. The molecule has 0 bridgehead atoms. The van der Waals surface area contributed by atoms with Crippen LogP contribution >= 0.6 is 0 Å². The van der Waals surface area contributed by atoms with Crippen molar-refractivity contribution in [3.05, 3.63) is 28.8 Å². The van der Waals surface area contributed by atoms with E-state index >= 15 is 0 Å². The topological polar surface area (TPSA) is 9.23 Å². The second kappa shape index (κ2) is 5.12. The van der Waals surface area contributed by atoms with Crippen molar-refractivity contribution in [1.29, 1.82) is 0 Å². The Labute approximate surface area is 112 Å². The summed E-state index contributed by atoms with van der Waals surface area (Å²) in [4.78, 5) is 2.17. The van der Waals surface area contributed by atoms with Crippen molar-refractivity contribution < 1.29 is 57.8 Å². The van der Waals surface area contributed by atoms with Gasteiger partial charge in [-0.3, -0.25) is 4.94 Å². The summed E-state index contributed by atoms with van der Waals surface area (Å²) < 4.78 is 151. The molecule has 22 heavy (non-hydrogen) atoms. The van der Waals surface area contributed by atoms with Gasteiger partial charge in [-0.1, -0.05) is 0 Å². The van der Waals surface area contributed by atoms with Gasteiger partial charge in [-0.05, 0) is 0 Å². The van der Waals surface area contributed by atoms with Crippen LogP contribution in [0.4, 0.5) is 52.8 Å². The number of benzene rings is 1. The highest BCUT2D eigenvalue weighted by Crippen LogP contribution is 2.56. The van der Waals surface area contributed by atoms with Crippen LogP contribution < -0.4 is 4.94 Å². The van der Waals surface area contributed by atoms with E-state index in [0.717, 1.165) is 0 Å². The Morgan fingerprint density at radius 1 is 0.591 bits per heavy atom. The van der Waals surface area contributed by atoms with Crippen LogP contribution in [-0.4, -0.2) is 12.4 Å². The lowest BCUT2D eigenvalue weighted by molar-refractivity contribution is -0.350. The van der Waals surface area contributed by atoms with Crippen LogP contribution in [0.25, 0.3) is 0 Å². The van der Waals surface area contributed by atoms with Gasteiger partial charge in [0, 0.05) is 4.53 Å². The first-order chi connectivity index (χ1) is 9.71. The maximum atomic E-state index is 13.5. The molecule has 1 nitrogen and oxygen atoms in total. The summed E-state index contributed by atoms with van der Waals surface area (Å²) in [5.74, 6) is -15.9. The third-order valence-electron chi connectivity index (χ3n) is 2.43. The summed E-state index contributed by atoms with van der Waals surface area (Å²) in [7, 11) is 0. The van der Waals surface area contributed by atoms with E-state index in [1.807, 2.05) is 0 Å². The summed E-state index contributed by atoms with van der Waals surface area (Å²) in [6, 6.07) is 0. The zero-order valence-corrected chi connectivity index (χ0v) is 9.44. The van der Waals surface area contributed by atoms with Crippen LogP contribution in [0.2, 0.25) is 0 Å². The van der Waals surface area contributed by atoms with Gasteiger partial charge in [0.2, 0.25) is 17.4 Å². The minimum absolute atomic E-state index is 2.17. The molecule has 0 amide bonds. The summed E-state index contributed by atoms with van der Waals surface area (Å²) in [5.41, 5.74) is -10.3. The van der Waals surface area contributed by atoms with E-state index in [0.29, 0.717) is 0 Å². The van der Waals surface area contributed by atoms with Gasteiger partial charge in [-0.15, -0.1) is 0 Å². The average Bonchev–Trinajstić information content (AvgIpc) is 2.36. The van der Waals surface area contributed by atoms with Crippen molar-refractivity contribution in [2.75, 3.05) is 0 Å². The van der Waals surface area contributed by atoms with Crippen molar-refractivity contribution in [2.24, 2.45) is 0 Å². The molecular weight excluding hydrogens is 352 g/mol. The molecule has 0 fully saturated rings. The number of halogens is 12. The Hall–Kier alpha value is -1.82. The van der Waals surface area contributed by atoms with E-state index in [2.05, 4.69) is 4.94 Å². The largest absolute Gasteiger partial charge is 0.436 e. The van der Waals surface area contributed by atoms with E-state index in [1.165, 1.54) is 0 Å². The minimum atomic E-state index is -7.03. The quantitative estimate of drug-likeness (QED) is 0.422. The van der Waals surface area contributed by atoms with Crippen LogP contribution in [0.1, 0.15) is 5.56 Å². The van der Waals surface area contributed by atoms with Crippen molar-refractivity contribution in [1.82, 2.24) is 0 Å². The van der Waals surface area contributed by atoms with E-state index in [9.17, 15) is 52.8 Å². The van der Waals surface area contributed by atoms with Crippen LogP contribution in [0.3, 0.4) is 0 Å². The predicted octanol–water partition coefficient (Wildman–Crippen LogP) is 4.80. The van der Waals surface area contributed by atoms with Gasteiger partial charge in [0.1, 0.15) is 0 Å². The first-order valence-electron chi connectivity index (χ1n) is 4.69. The molecule has 0 saturated carbocycles. The standard InChI is InChI=1S/C9F12O/c10-2-1(6(22-21)5(13)4(12)3(2)11)7(14,8(15,16)17)9(18,19)20. The average molecular weight is 352 g/mol. The summed E-state index contributed by atoms with van der Waals surface area (Å²) in [6.07, 6.45) is -14.1. The fourth-order valence-corrected chi connectivity index (χ4v) is 1.44. The van der Waals surface area contributed by atoms with Crippen LogP contribution in [0.5, 0.6) is 5.75 Å². The predicted molar refractivity (Wildman–Crippen MR) is 42.9 cm³/mol. The van der Waals surface area contributed by atoms with Gasteiger partial charge in [-0.25, -0.2) is 17.6 Å².